The van der Waals surface area contributed by atoms with Crippen LogP contribution in [0.3, 0.4) is 0 Å². The molecule has 0 unspecified atom stereocenters. The van der Waals surface area contributed by atoms with Crippen molar-refractivity contribution in [2.24, 2.45) is 0 Å². The summed E-state index contributed by atoms with van der Waals surface area (Å²) in [7, 11) is 5.59. The minimum absolute atomic E-state index is 0.194. The highest BCUT2D eigenvalue weighted by Crippen LogP contribution is 2.19. The quantitative estimate of drug-likeness (QED) is 0.780. The van der Waals surface area contributed by atoms with Crippen LogP contribution < -0.4 is 15.1 Å². The van der Waals surface area contributed by atoms with Gasteiger partial charge in [0.25, 0.3) is 0 Å². The van der Waals surface area contributed by atoms with Gasteiger partial charge < -0.3 is 20.2 Å². The van der Waals surface area contributed by atoms with Crippen molar-refractivity contribution in [2.45, 2.75) is 18.9 Å². The van der Waals surface area contributed by atoms with Gasteiger partial charge in [0.1, 0.15) is 0 Å². The second kappa shape index (κ2) is 5.34. The highest BCUT2D eigenvalue weighted by molar-refractivity contribution is 5.44. The molecule has 1 aliphatic heterocycles. The lowest BCUT2D eigenvalue weighted by Gasteiger charge is -2.30. The van der Waals surface area contributed by atoms with Gasteiger partial charge in [-0.05, 0) is 12.8 Å². The van der Waals surface area contributed by atoms with Gasteiger partial charge in [-0.3, -0.25) is 0 Å². The van der Waals surface area contributed by atoms with E-state index in [1.807, 2.05) is 19.0 Å². The van der Waals surface area contributed by atoms with Crippen molar-refractivity contribution in [3.05, 3.63) is 0 Å². The van der Waals surface area contributed by atoms with E-state index >= 15 is 0 Å². The zero-order valence-corrected chi connectivity index (χ0v) is 11.1. The van der Waals surface area contributed by atoms with Crippen LogP contribution in [0.2, 0.25) is 0 Å². The predicted octanol–water partition coefficient (Wildman–Crippen LogP) is -0.0596. The van der Waals surface area contributed by atoms with Gasteiger partial charge in [-0.25, -0.2) is 0 Å². The minimum Gasteiger partial charge on any atom is -0.393 e. The van der Waals surface area contributed by atoms with Gasteiger partial charge in [0.05, 0.1) is 6.10 Å². The number of nitrogens with one attached hydrogen (secondary N) is 1. The molecule has 2 heterocycles. The molecule has 0 bridgehead atoms. The van der Waals surface area contributed by atoms with Crippen LogP contribution in [-0.4, -0.2) is 60.4 Å². The summed E-state index contributed by atoms with van der Waals surface area (Å²) in [5, 5.41) is 12.5. The summed E-state index contributed by atoms with van der Waals surface area (Å²) in [5.74, 6) is 1.87. The number of aromatic nitrogens is 3. The molecule has 1 aliphatic rings. The zero-order chi connectivity index (χ0) is 13.1. The molecular weight excluding hydrogens is 232 g/mol. The van der Waals surface area contributed by atoms with Crippen LogP contribution in [0.15, 0.2) is 0 Å². The van der Waals surface area contributed by atoms with Gasteiger partial charge in [-0.15, -0.1) is 0 Å². The van der Waals surface area contributed by atoms with Crippen LogP contribution in [0, 0.1) is 0 Å². The fraction of sp³-hybridized carbons (Fsp3) is 0.727. The second-order valence-corrected chi connectivity index (χ2v) is 4.62. The van der Waals surface area contributed by atoms with Crippen molar-refractivity contribution >= 4 is 17.8 Å². The highest BCUT2D eigenvalue weighted by Gasteiger charge is 2.20. The number of piperidine rings is 1. The topological polar surface area (TPSA) is 77.4 Å². The van der Waals surface area contributed by atoms with Gasteiger partial charge in [0.2, 0.25) is 17.8 Å². The molecule has 0 amide bonds. The first-order valence-corrected chi connectivity index (χ1v) is 6.14. The maximum absolute atomic E-state index is 9.52. The summed E-state index contributed by atoms with van der Waals surface area (Å²) in [5.41, 5.74) is 0. The summed E-state index contributed by atoms with van der Waals surface area (Å²) in [6, 6.07) is 0. The Morgan fingerprint density at radius 1 is 1.22 bits per heavy atom. The van der Waals surface area contributed by atoms with Crippen LogP contribution in [0.4, 0.5) is 17.8 Å². The van der Waals surface area contributed by atoms with Gasteiger partial charge in [-0.1, -0.05) is 0 Å². The van der Waals surface area contributed by atoms with E-state index in [0.717, 1.165) is 25.9 Å². The van der Waals surface area contributed by atoms with E-state index in [4.69, 9.17) is 0 Å². The van der Waals surface area contributed by atoms with Gasteiger partial charge in [-0.2, -0.15) is 15.0 Å². The highest BCUT2D eigenvalue weighted by atomic mass is 16.3. The number of hydrogen-bond donors (Lipinski definition) is 2. The maximum atomic E-state index is 9.52. The molecule has 100 valence electrons. The molecule has 18 heavy (non-hydrogen) atoms. The molecule has 0 aromatic carbocycles. The normalized spacial score (nSPS) is 16.8. The molecule has 1 aromatic rings. The van der Waals surface area contributed by atoms with E-state index in [1.54, 1.807) is 7.05 Å². The molecule has 2 N–H and O–H groups in total. The van der Waals surface area contributed by atoms with Crippen LogP contribution in [0.25, 0.3) is 0 Å². The molecule has 1 fully saturated rings. The molecule has 1 saturated heterocycles. The number of rotatable bonds is 3. The Balaban J connectivity index is 2.23. The molecular formula is C11H20N6O. The summed E-state index contributed by atoms with van der Waals surface area (Å²) < 4.78 is 0. The Bertz CT molecular complexity index is 403. The molecule has 0 aliphatic carbocycles. The van der Waals surface area contributed by atoms with E-state index in [2.05, 4.69) is 25.2 Å². The Labute approximate surface area is 107 Å². The second-order valence-electron chi connectivity index (χ2n) is 4.62. The van der Waals surface area contributed by atoms with E-state index in [1.165, 1.54) is 0 Å². The number of nitrogens with zero attached hydrogens (tertiary/aromatic N) is 5. The molecule has 0 radical (unpaired) electrons. The third-order valence-corrected chi connectivity index (χ3v) is 2.98. The Morgan fingerprint density at radius 2 is 1.89 bits per heavy atom. The first-order chi connectivity index (χ1) is 8.60. The Kier molecular flexibility index (Phi) is 3.81. The fourth-order valence-corrected chi connectivity index (χ4v) is 1.87. The Morgan fingerprint density at radius 3 is 2.44 bits per heavy atom. The lowest BCUT2D eigenvalue weighted by Crippen LogP contribution is -2.37. The summed E-state index contributed by atoms with van der Waals surface area (Å²) in [6.07, 6.45) is 1.33. The van der Waals surface area contributed by atoms with Crippen molar-refractivity contribution in [3.63, 3.8) is 0 Å². The SMILES string of the molecule is CNc1nc(N(C)C)nc(N2CCC(O)CC2)n1. The van der Waals surface area contributed by atoms with Gasteiger partial charge >= 0.3 is 0 Å². The largest absolute Gasteiger partial charge is 0.393 e. The predicted molar refractivity (Wildman–Crippen MR) is 71.2 cm³/mol. The smallest absolute Gasteiger partial charge is 0.231 e. The zero-order valence-electron chi connectivity index (χ0n) is 11.1. The number of aliphatic hydroxyl groups excluding tert-OH is 1. The van der Waals surface area contributed by atoms with Crippen molar-refractivity contribution in [2.75, 3.05) is 49.3 Å². The summed E-state index contributed by atoms with van der Waals surface area (Å²) in [6.45, 7) is 1.56. The van der Waals surface area contributed by atoms with Crippen LogP contribution in [0.1, 0.15) is 12.8 Å². The average molecular weight is 252 g/mol. The van der Waals surface area contributed by atoms with Crippen LogP contribution in [0.5, 0.6) is 0 Å². The number of aliphatic hydroxyl groups is 1. The minimum atomic E-state index is -0.194. The summed E-state index contributed by atoms with van der Waals surface area (Å²) >= 11 is 0. The summed E-state index contributed by atoms with van der Waals surface area (Å²) in [4.78, 5) is 17.0. The van der Waals surface area contributed by atoms with Crippen LogP contribution in [-0.2, 0) is 0 Å². The monoisotopic (exact) mass is 252 g/mol. The molecule has 0 saturated carbocycles. The van der Waals surface area contributed by atoms with E-state index < -0.39 is 0 Å². The lowest BCUT2D eigenvalue weighted by molar-refractivity contribution is 0.145. The third kappa shape index (κ3) is 2.79. The number of anilines is 3. The van der Waals surface area contributed by atoms with Crippen molar-refractivity contribution in [1.82, 2.24) is 15.0 Å². The third-order valence-electron chi connectivity index (χ3n) is 2.98. The van der Waals surface area contributed by atoms with Gasteiger partial charge in [0.15, 0.2) is 0 Å². The van der Waals surface area contributed by atoms with Crippen molar-refractivity contribution in [3.8, 4) is 0 Å². The average Bonchev–Trinajstić information content (AvgIpc) is 2.39. The maximum Gasteiger partial charge on any atom is 0.231 e. The van der Waals surface area contributed by atoms with E-state index in [-0.39, 0.29) is 6.10 Å². The molecule has 1 aromatic heterocycles. The Hall–Kier alpha value is -1.63. The van der Waals surface area contributed by atoms with E-state index in [9.17, 15) is 5.11 Å². The van der Waals surface area contributed by atoms with Crippen molar-refractivity contribution < 1.29 is 5.11 Å². The molecule has 0 spiro atoms. The first kappa shape index (κ1) is 12.8. The lowest BCUT2D eigenvalue weighted by atomic mass is 10.1. The first-order valence-electron chi connectivity index (χ1n) is 6.14. The molecule has 7 nitrogen and oxygen atoms in total. The molecule has 2 rings (SSSR count). The van der Waals surface area contributed by atoms with Crippen molar-refractivity contribution in [1.29, 1.82) is 0 Å². The molecule has 0 atom stereocenters. The fourth-order valence-electron chi connectivity index (χ4n) is 1.87. The van der Waals surface area contributed by atoms with Crippen LogP contribution >= 0.6 is 0 Å². The standard InChI is InChI=1S/C11H20N6O/c1-12-9-13-10(16(2)3)15-11(14-9)17-6-4-8(18)5-7-17/h8,18H,4-7H2,1-3H3,(H,12,13,14,15). The van der Waals surface area contributed by atoms with Gasteiger partial charge in [0, 0.05) is 34.2 Å². The number of hydrogen-bond acceptors (Lipinski definition) is 7. The molecule has 7 heteroatoms. The van der Waals surface area contributed by atoms with E-state index in [0.29, 0.717) is 17.8 Å².